The summed E-state index contributed by atoms with van der Waals surface area (Å²) >= 11 is 0. The van der Waals surface area contributed by atoms with Crippen molar-refractivity contribution in [3.63, 3.8) is 0 Å². The van der Waals surface area contributed by atoms with Crippen LogP contribution < -0.4 is 0 Å². The highest BCUT2D eigenvalue weighted by atomic mass is 32.2. The number of benzene rings is 3. The number of nitrogens with zero attached hydrogens (tertiary/aromatic N) is 1. The molecule has 7 heteroatoms. The Morgan fingerprint density at radius 3 is 2.30 bits per heavy atom. The van der Waals surface area contributed by atoms with Gasteiger partial charge >= 0.3 is 5.97 Å². The summed E-state index contributed by atoms with van der Waals surface area (Å²) in [6.07, 6.45) is 1.55. The molecule has 170 valence electrons. The van der Waals surface area contributed by atoms with Gasteiger partial charge in [0.1, 0.15) is 5.82 Å². The first-order chi connectivity index (χ1) is 15.7. The summed E-state index contributed by atoms with van der Waals surface area (Å²) in [5.74, 6) is -1.75. The van der Waals surface area contributed by atoms with Gasteiger partial charge in [0, 0.05) is 5.56 Å². The van der Waals surface area contributed by atoms with E-state index in [1.165, 1.54) is 30.3 Å². The van der Waals surface area contributed by atoms with Gasteiger partial charge < -0.3 is 5.11 Å². The van der Waals surface area contributed by atoms with E-state index < -0.39 is 33.9 Å². The number of halogens is 1. The molecule has 0 amide bonds. The molecule has 1 aliphatic rings. The highest BCUT2D eigenvalue weighted by Crippen LogP contribution is 2.46. The van der Waals surface area contributed by atoms with E-state index >= 15 is 0 Å². The van der Waals surface area contributed by atoms with E-state index in [-0.39, 0.29) is 22.5 Å². The topological polar surface area (TPSA) is 74.7 Å². The first kappa shape index (κ1) is 22.9. The fourth-order valence-corrected chi connectivity index (χ4v) is 6.06. The molecular formula is C26H24FNO4S. The maximum Gasteiger partial charge on any atom is 0.333 e. The van der Waals surface area contributed by atoms with Crippen molar-refractivity contribution >= 4 is 16.0 Å². The van der Waals surface area contributed by atoms with Gasteiger partial charge in [-0.05, 0) is 44.0 Å². The van der Waals surface area contributed by atoms with Crippen LogP contribution in [-0.2, 0) is 14.8 Å². The predicted molar refractivity (Wildman–Crippen MR) is 124 cm³/mol. The molecule has 0 spiro atoms. The molecule has 0 aromatic heterocycles. The number of aliphatic carboxylic acids is 1. The number of hydrogen-bond donors (Lipinski definition) is 1. The molecule has 1 N–H and O–H groups in total. The minimum Gasteiger partial charge on any atom is -0.478 e. The molecule has 0 radical (unpaired) electrons. The number of aryl methyl sites for hydroxylation is 2. The van der Waals surface area contributed by atoms with Crippen LogP contribution in [0.15, 0.2) is 89.3 Å². The Morgan fingerprint density at radius 2 is 1.67 bits per heavy atom. The van der Waals surface area contributed by atoms with Gasteiger partial charge in [0.15, 0.2) is 0 Å². The monoisotopic (exact) mass is 465 g/mol. The second-order valence-corrected chi connectivity index (χ2v) is 10.0. The maximum atomic E-state index is 14.9. The number of carbonyl (C=O) groups is 1. The van der Waals surface area contributed by atoms with Crippen LogP contribution in [0.4, 0.5) is 4.39 Å². The molecule has 5 nitrogen and oxygen atoms in total. The molecular weight excluding hydrogens is 441 g/mol. The lowest BCUT2D eigenvalue weighted by Gasteiger charge is -2.40. The highest BCUT2D eigenvalue weighted by Gasteiger charge is 2.45. The average Bonchev–Trinajstić information content (AvgIpc) is 2.78. The van der Waals surface area contributed by atoms with Crippen molar-refractivity contribution in [1.29, 1.82) is 0 Å². The Hall–Kier alpha value is -3.29. The summed E-state index contributed by atoms with van der Waals surface area (Å²) in [5, 5.41) is 9.98. The number of carboxylic acids is 1. The molecule has 1 aliphatic heterocycles. The highest BCUT2D eigenvalue weighted by molar-refractivity contribution is 7.89. The molecule has 3 aromatic rings. The molecule has 0 bridgehead atoms. The summed E-state index contributed by atoms with van der Waals surface area (Å²) in [4.78, 5) is 12.2. The van der Waals surface area contributed by atoms with Crippen molar-refractivity contribution in [2.24, 2.45) is 0 Å². The Labute approximate surface area is 192 Å². The lowest BCUT2D eigenvalue weighted by atomic mass is 9.89. The third-order valence-electron chi connectivity index (χ3n) is 5.88. The van der Waals surface area contributed by atoms with Crippen LogP contribution >= 0.6 is 0 Å². The Bertz CT molecular complexity index is 1330. The number of hydrogen-bond acceptors (Lipinski definition) is 3. The van der Waals surface area contributed by atoms with Gasteiger partial charge in [-0.3, -0.25) is 0 Å². The average molecular weight is 466 g/mol. The molecule has 4 rings (SSSR count). The zero-order valence-corrected chi connectivity index (χ0v) is 19.1. The Balaban J connectivity index is 2.00. The first-order valence-corrected chi connectivity index (χ1v) is 12.0. The number of sulfonamides is 1. The first-order valence-electron chi connectivity index (χ1n) is 10.5. The van der Waals surface area contributed by atoms with E-state index in [1.54, 1.807) is 42.5 Å². The minimum absolute atomic E-state index is 0.0266. The third kappa shape index (κ3) is 4.34. The zero-order valence-electron chi connectivity index (χ0n) is 18.3. The van der Waals surface area contributed by atoms with Crippen molar-refractivity contribution in [3.8, 4) is 0 Å². The largest absolute Gasteiger partial charge is 0.478 e. The fraction of sp³-hybridized carbons (Fsp3) is 0.192. The van der Waals surface area contributed by atoms with Crippen molar-refractivity contribution in [3.05, 3.63) is 113 Å². The molecule has 0 unspecified atom stereocenters. The molecule has 0 fully saturated rings. The normalized spacial score (nSPS) is 19.2. The predicted octanol–water partition coefficient (Wildman–Crippen LogP) is 5.33. The SMILES string of the molecule is Cc1ccc(S(=O)(=O)N2[C@@H](c3cccc(C)c3)C(C(=O)O)=CC[C@H]2c2ccccc2F)cc1. The molecule has 1 heterocycles. The summed E-state index contributed by atoms with van der Waals surface area (Å²) in [5.41, 5.74) is 2.41. The van der Waals surface area contributed by atoms with Gasteiger partial charge in [0.25, 0.3) is 0 Å². The van der Waals surface area contributed by atoms with Crippen LogP contribution in [0.25, 0.3) is 0 Å². The van der Waals surface area contributed by atoms with Crippen LogP contribution in [0.2, 0.25) is 0 Å². The van der Waals surface area contributed by atoms with Gasteiger partial charge in [0.05, 0.1) is 22.6 Å². The zero-order chi connectivity index (χ0) is 23.8. The van der Waals surface area contributed by atoms with Crippen molar-refractivity contribution in [2.75, 3.05) is 0 Å². The quantitative estimate of drug-likeness (QED) is 0.553. The van der Waals surface area contributed by atoms with Crippen molar-refractivity contribution < 1.29 is 22.7 Å². The molecule has 3 aromatic carbocycles. The van der Waals surface area contributed by atoms with Gasteiger partial charge in [-0.15, -0.1) is 0 Å². The third-order valence-corrected chi connectivity index (χ3v) is 7.77. The van der Waals surface area contributed by atoms with Crippen LogP contribution in [-0.4, -0.2) is 23.8 Å². The number of carboxylic acid groups (broad SMARTS) is 1. The summed E-state index contributed by atoms with van der Waals surface area (Å²) in [6.45, 7) is 3.70. The van der Waals surface area contributed by atoms with E-state index in [9.17, 15) is 22.7 Å². The van der Waals surface area contributed by atoms with E-state index in [0.29, 0.717) is 5.56 Å². The van der Waals surface area contributed by atoms with E-state index in [4.69, 9.17) is 0 Å². The molecule has 2 atom stereocenters. The van der Waals surface area contributed by atoms with Gasteiger partial charge in [-0.2, -0.15) is 4.31 Å². The smallest absolute Gasteiger partial charge is 0.333 e. The van der Waals surface area contributed by atoms with Gasteiger partial charge in [0.2, 0.25) is 10.0 Å². The van der Waals surface area contributed by atoms with Gasteiger partial charge in [-0.1, -0.05) is 71.8 Å². The van der Waals surface area contributed by atoms with Crippen molar-refractivity contribution in [2.45, 2.75) is 37.2 Å². The van der Waals surface area contributed by atoms with Crippen molar-refractivity contribution in [1.82, 2.24) is 4.31 Å². The van der Waals surface area contributed by atoms with Gasteiger partial charge in [-0.25, -0.2) is 17.6 Å². The van der Waals surface area contributed by atoms with E-state index in [1.807, 2.05) is 19.9 Å². The molecule has 0 aliphatic carbocycles. The van der Waals surface area contributed by atoms with Crippen LogP contribution in [0.3, 0.4) is 0 Å². The molecule has 0 saturated carbocycles. The summed E-state index contributed by atoms with van der Waals surface area (Å²) in [6, 6.07) is 17.4. The van der Waals surface area contributed by atoms with E-state index in [0.717, 1.165) is 15.4 Å². The summed E-state index contributed by atoms with van der Waals surface area (Å²) in [7, 11) is -4.21. The molecule has 0 saturated heterocycles. The second kappa shape index (κ2) is 8.92. The second-order valence-electron chi connectivity index (χ2n) is 8.20. The lowest BCUT2D eigenvalue weighted by molar-refractivity contribution is -0.133. The van der Waals surface area contributed by atoms with E-state index in [2.05, 4.69) is 0 Å². The van der Waals surface area contributed by atoms with Crippen LogP contribution in [0, 0.1) is 19.7 Å². The lowest BCUT2D eigenvalue weighted by Crippen LogP contribution is -2.42. The maximum absolute atomic E-state index is 14.9. The molecule has 33 heavy (non-hydrogen) atoms. The number of rotatable bonds is 5. The standard InChI is InChI=1S/C26H24FNO4S/c1-17-10-12-20(13-11-17)33(31,32)28-24(21-8-3-4-9-23(21)27)15-14-22(26(29)30)25(28)19-7-5-6-18(2)16-19/h3-14,16,24-25H,15H2,1-2H3,(H,29,30)/t24-,25-/m0/s1. The fourth-order valence-electron chi connectivity index (χ4n) is 4.29. The Morgan fingerprint density at radius 1 is 0.970 bits per heavy atom. The Kier molecular flexibility index (Phi) is 6.19. The minimum atomic E-state index is -4.21. The van der Waals surface area contributed by atoms with Crippen LogP contribution in [0.5, 0.6) is 0 Å². The summed E-state index contributed by atoms with van der Waals surface area (Å²) < 4.78 is 44.1. The van der Waals surface area contributed by atoms with Crippen LogP contribution in [0.1, 0.15) is 40.8 Å².